The van der Waals surface area contributed by atoms with Gasteiger partial charge in [-0.25, -0.2) is 0 Å². The van der Waals surface area contributed by atoms with Crippen molar-refractivity contribution in [3.63, 3.8) is 0 Å². The molecule has 0 aromatic heterocycles. The highest BCUT2D eigenvalue weighted by atomic mass is 19.4. The minimum absolute atomic E-state index is 0.193. The maximum atomic E-state index is 13.5. The number of hydrogen-bond donors (Lipinski definition) is 1. The van der Waals surface area contributed by atoms with Crippen LogP contribution in [-0.2, 0) is 5.60 Å². The number of anilines is 1. The van der Waals surface area contributed by atoms with Gasteiger partial charge in [0.25, 0.3) is 0 Å². The zero-order valence-electron chi connectivity index (χ0n) is 12.6. The zero-order chi connectivity index (χ0) is 18.3. The Hall–Kier alpha value is -1.51. The first kappa shape index (κ1) is 19.5. The molecule has 0 aliphatic heterocycles. The molecule has 1 aromatic rings. The molecule has 0 radical (unpaired) electrons. The van der Waals surface area contributed by atoms with E-state index in [0.29, 0.717) is 5.69 Å². The highest BCUT2D eigenvalue weighted by Gasteiger charge is 2.73. The molecule has 1 aromatic carbocycles. The maximum Gasteiger partial charge on any atom is 0.459 e. The fourth-order valence-electron chi connectivity index (χ4n) is 1.97. The summed E-state index contributed by atoms with van der Waals surface area (Å²) in [7, 11) is 3.22. The summed E-state index contributed by atoms with van der Waals surface area (Å²) in [5, 5.41) is 10.1. The van der Waals surface area contributed by atoms with Gasteiger partial charge in [-0.05, 0) is 24.6 Å². The van der Waals surface area contributed by atoms with E-state index >= 15 is 0 Å². The number of benzene rings is 1. The van der Waals surface area contributed by atoms with Crippen LogP contribution in [0.15, 0.2) is 24.3 Å². The van der Waals surface area contributed by atoms with Gasteiger partial charge in [0.2, 0.25) is 0 Å². The fraction of sp³-hybridized carbons (Fsp3) is 0.571. The first-order valence-electron chi connectivity index (χ1n) is 6.44. The lowest BCUT2D eigenvalue weighted by Crippen LogP contribution is -2.54. The monoisotopic (exact) mass is 347 g/mol. The molecule has 9 heteroatoms. The Kier molecular flexibility index (Phi) is 4.97. The summed E-state index contributed by atoms with van der Waals surface area (Å²) in [6, 6.07) is 5.35. The molecule has 1 atom stereocenters. The Morgan fingerprint density at radius 3 is 1.96 bits per heavy atom. The van der Waals surface area contributed by atoms with Crippen molar-refractivity contribution < 1.29 is 35.8 Å². The van der Waals surface area contributed by atoms with Gasteiger partial charge in [0, 0.05) is 19.8 Å². The Labute approximate surface area is 128 Å². The van der Waals surface area contributed by atoms with E-state index in [1.54, 1.807) is 25.1 Å². The second-order valence-corrected chi connectivity index (χ2v) is 5.67. The van der Waals surface area contributed by atoms with Crippen molar-refractivity contribution in [3.05, 3.63) is 29.8 Å². The third-order valence-corrected chi connectivity index (χ3v) is 3.37. The lowest BCUT2D eigenvalue weighted by molar-refractivity contribution is -0.361. The molecule has 23 heavy (non-hydrogen) atoms. The van der Waals surface area contributed by atoms with E-state index in [1.807, 2.05) is 0 Å². The Bertz CT molecular complexity index is 552. The van der Waals surface area contributed by atoms with E-state index in [2.05, 4.69) is 0 Å². The quantitative estimate of drug-likeness (QED) is 0.808. The third-order valence-electron chi connectivity index (χ3n) is 3.37. The third kappa shape index (κ3) is 3.88. The van der Waals surface area contributed by atoms with Crippen LogP contribution < -0.4 is 4.90 Å². The van der Waals surface area contributed by atoms with E-state index in [-0.39, 0.29) is 5.56 Å². The van der Waals surface area contributed by atoms with Gasteiger partial charge in [0.15, 0.2) is 0 Å². The van der Waals surface area contributed by atoms with Gasteiger partial charge in [-0.1, -0.05) is 12.1 Å². The molecule has 132 valence electrons. The van der Waals surface area contributed by atoms with Crippen LogP contribution in [-0.4, -0.2) is 37.2 Å². The normalized spacial score (nSPS) is 16.1. The summed E-state index contributed by atoms with van der Waals surface area (Å²) < 4.78 is 89.4. The molecule has 0 aliphatic rings. The first-order chi connectivity index (χ1) is 10.1. The van der Waals surface area contributed by atoms with E-state index in [1.165, 1.54) is 18.2 Å². The molecular formula is C14H16F7NO. The second-order valence-electron chi connectivity index (χ2n) is 5.67. The summed E-state index contributed by atoms with van der Waals surface area (Å²) in [4.78, 5) is 1.56. The molecule has 0 aliphatic carbocycles. The van der Waals surface area contributed by atoms with Crippen molar-refractivity contribution >= 4 is 5.69 Å². The second kappa shape index (κ2) is 5.85. The predicted molar refractivity (Wildman–Crippen MR) is 70.9 cm³/mol. The molecule has 0 bridgehead atoms. The standard InChI is InChI=1S/C14H16F7NO/c1-11(23,9-5-4-6-10(7-9)22(2)3)8-12(15,16)13(17,18)14(19,20)21/h4-7,23H,8H2,1-3H3. The topological polar surface area (TPSA) is 23.5 Å². The summed E-state index contributed by atoms with van der Waals surface area (Å²) >= 11 is 0. The Morgan fingerprint density at radius 2 is 1.52 bits per heavy atom. The van der Waals surface area contributed by atoms with Gasteiger partial charge in [-0.2, -0.15) is 30.7 Å². The van der Waals surface area contributed by atoms with Gasteiger partial charge in [0.1, 0.15) is 0 Å². The van der Waals surface area contributed by atoms with Crippen molar-refractivity contribution in [1.82, 2.24) is 0 Å². The molecule has 2 nitrogen and oxygen atoms in total. The summed E-state index contributed by atoms with van der Waals surface area (Å²) in [5.74, 6) is -11.7. The SMILES string of the molecule is CN(C)c1cccc(C(C)(O)CC(F)(F)C(F)(F)C(F)(F)F)c1. The summed E-state index contributed by atoms with van der Waals surface area (Å²) in [6.07, 6.45) is -8.50. The van der Waals surface area contributed by atoms with Crippen molar-refractivity contribution in [1.29, 1.82) is 0 Å². The molecule has 1 rings (SSSR count). The van der Waals surface area contributed by atoms with Crippen molar-refractivity contribution in [2.75, 3.05) is 19.0 Å². The number of halogens is 7. The Morgan fingerprint density at radius 1 is 1.00 bits per heavy atom. The first-order valence-corrected chi connectivity index (χ1v) is 6.44. The van der Waals surface area contributed by atoms with Crippen LogP contribution >= 0.6 is 0 Å². The average Bonchev–Trinajstić information content (AvgIpc) is 2.36. The van der Waals surface area contributed by atoms with E-state index in [9.17, 15) is 35.8 Å². The number of nitrogens with zero attached hydrogens (tertiary/aromatic N) is 1. The van der Waals surface area contributed by atoms with Crippen molar-refractivity contribution in [2.24, 2.45) is 0 Å². The molecule has 1 N–H and O–H groups in total. The maximum absolute atomic E-state index is 13.5. The van der Waals surface area contributed by atoms with Crippen LogP contribution in [0.5, 0.6) is 0 Å². The number of aliphatic hydroxyl groups is 1. The smallest absolute Gasteiger partial charge is 0.385 e. The molecule has 0 fully saturated rings. The number of alkyl halides is 7. The van der Waals surface area contributed by atoms with Crippen molar-refractivity contribution in [2.45, 2.75) is 37.0 Å². The highest BCUT2D eigenvalue weighted by molar-refractivity contribution is 5.48. The molecular weight excluding hydrogens is 331 g/mol. The number of hydrogen-bond acceptors (Lipinski definition) is 2. The highest BCUT2D eigenvalue weighted by Crippen LogP contribution is 2.50. The van der Waals surface area contributed by atoms with Gasteiger partial charge in [-0.3, -0.25) is 0 Å². The van der Waals surface area contributed by atoms with Crippen LogP contribution in [0.4, 0.5) is 36.4 Å². The zero-order valence-corrected chi connectivity index (χ0v) is 12.6. The van der Waals surface area contributed by atoms with Crippen molar-refractivity contribution in [3.8, 4) is 0 Å². The fourth-order valence-corrected chi connectivity index (χ4v) is 1.97. The molecule has 0 spiro atoms. The summed E-state index contributed by atoms with van der Waals surface area (Å²) in [5.41, 5.74) is -2.31. The molecule has 0 saturated heterocycles. The van der Waals surface area contributed by atoms with Gasteiger partial charge in [-0.15, -0.1) is 0 Å². The Balaban J connectivity index is 3.17. The lowest BCUT2D eigenvalue weighted by Gasteiger charge is -2.34. The van der Waals surface area contributed by atoms with E-state index in [0.717, 1.165) is 6.92 Å². The number of rotatable bonds is 5. The molecule has 0 amide bonds. The lowest BCUT2D eigenvalue weighted by atomic mass is 9.87. The van der Waals surface area contributed by atoms with E-state index in [4.69, 9.17) is 0 Å². The minimum Gasteiger partial charge on any atom is -0.385 e. The predicted octanol–water partition coefficient (Wildman–Crippen LogP) is 4.18. The van der Waals surface area contributed by atoms with Crippen LogP contribution in [0.3, 0.4) is 0 Å². The molecule has 1 unspecified atom stereocenters. The molecule has 0 heterocycles. The van der Waals surface area contributed by atoms with Crippen LogP contribution in [0.2, 0.25) is 0 Å². The van der Waals surface area contributed by atoms with Crippen LogP contribution in [0.1, 0.15) is 18.9 Å². The minimum atomic E-state index is -6.42. The summed E-state index contributed by atoms with van der Waals surface area (Å²) in [6.45, 7) is 0.766. The van der Waals surface area contributed by atoms with E-state index < -0.39 is 30.0 Å². The van der Waals surface area contributed by atoms with Gasteiger partial charge >= 0.3 is 18.0 Å². The van der Waals surface area contributed by atoms with Crippen LogP contribution in [0.25, 0.3) is 0 Å². The average molecular weight is 347 g/mol. The van der Waals surface area contributed by atoms with Gasteiger partial charge < -0.3 is 10.0 Å². The van der Waals surface area contributed by atoms with Gasteiger partial charge in [0.05, 0.1) is 12.0 Å². The largest absolute Gasteiger partial charge is 0.459 e. The van der Waals surface area contributed by atoms with Crippen LogP contribution in [0, 0.1) is 0 Å². The molecule has 0 saturated carbocycles.